The van der Waals surface area contributed by atoms with E-state index in [0.717, 1.165) is 56.9 Å². The lowest BCUT2D eigenvalue weighted by Gasteiger charge is -2.27. The van der Waals surface area contributed by atoms with Crippen LogP contribution in [-0.4, -0.2) is 40.4 Å². The molecule has 0 bridgehead atoms. The number of fused-ring (bicyclic) bond motifs is 1. The number of hydrogen-bond acceptors (Lipinski definition) is 4. The number of amides is 1. The quantitative estimate of drug-likeness (QED) is 0.512. The Morgan fingerprint density at radius 3 is 2.75 bits per heavy atom. The first-order chi connectivity index (χ1) is 13.5. The van der Waals surface area contributed by atoms with Crippen LogP contribution >= 0.6 is 39.3 Å². The number of carbonyl (C=O) groups excluding carboxylic acids is 1. The van der Waals surface area contributed by atoms with Crippen molar-refractivity contribution in [3.05, 3.63) is 63.2 Å². The normalized spacial score (nSPS) is 14.3. The molecule has 3 aromatic rings. The van der Waals surface area contributed by atoms with Gasteiger partial charge in [-0.25, -0.2) is 0 Å². The van der Waals surface area contributed by atoms with Gasteiger partial charge in [-0.1, -0.05) is 17.7 Å². The Morgan fingerprint density at radius 1 is 1.21 bits per heavy atom. The van der Waals surface area contributed by atoms with Crippen LogP contribution < -0.4 is 5.32 Å². The molecule has 0 unspecified atom stereocenters. The van der Waals surface area contributed by atoms with Crippen LogP contribution in [0.2, 0.25) is 5.02 Å². The maximum absolute atomic E-state index is 13.3. The third-order valence-corrected chi connectivity index (χ3v) is 6.58. The summed E-state index contributed by atoms with van der Waals surface area (Å²) >= 11 is 11.8. The molecule has 0 spiro atoms. The van der Waals surface area contributed by atoms with Crippen molar-refractivity contribution in [3.8, 4) is 0 Å². The van der Waals surface area contributed by atoms with Crippen molar-refractivity contribution in [2.45, 2.75) is 6.92 Å². The van der Waals surface area contributed by atoms with Crippen LogP contribution in [-0.2, 0) is 0 Å². The van der Waals surface area contributed by atoms with E-state index in [2.05, 4.69) is 26.2 Å². The molecule has 0 saturated carbocycles. The number of anilines is 2. The van der Waals surface area contributed by atoms with Gasteiger partial charge in [-0.3, -0.25) is 9.78 Å². The average Bonchev–Trinajstić information content (AvgIpc) is 2.70. The van der Waals surface area contributed by atoms with E-state index in [9.17, 15) is 4.79 Å². The van der Waals surface area contributed by atoms with E-state index in [4.69, 9.17) is 11.6 Å². The van der Waals surface area contributed by atoms with E-state index < -0.39 is 0 Å². The highest BCUT2D eigenvalue weighted by Crippen LogP contribution is 2.34. The van der Waals surface area contributed by atoms with E-state index in [0.29, 0.717) is 10.6 Å². The van der Waals surface area contributed by atoms with E-state index in [1.807, 2.05) is 60.0 Å². The van der Waals surface area contributed by atoms with Crippen LogP contribution in [0, 0.1) is 6.92 Å². The molecule has 4 nitrogen and oxygen atoms in total. The summed E-state index contributed by atoms with van der Waals surface area (Å²) in [6, 6.07) is 11.6. The molecule has 1 saturated heterocycles. The second-order valence-corrected chi connectivity index (χ2v) is 9.24. The molecule has 2 heterocycles. The van der Waals surface area contributed by atoms with Gasteiger partial charge in [0.2, 0.25) is 0 Å². The van der Waals surface area contributed by atoms with Crippen molar-refractivity contribution >= 4 is 67.5 Å². The van der Waals surface area contributed by atoms with Gasteiger partial charge in [-0.15, -0.1) is 0 Å². The van der Waals surface area contributed by atoms with Crippen LogP contribution in [0.1, 0.15) is 15.9 Å². The first kappa shape index (κ1) is 19.6. The van der Waals surface area contributed by atoms with Gasteiger partial charge in [-0.05, 0) is 58.7 Å². The molecule has 4 rings (SSSR count). The predicted molar refractivity (Wildman–Crippen MR) is 122 cm³/mol. The molecule has 1 aromatic heterocycles. The van der Waals surface area contributed by atoms with Crippen LogP contribution in [0.5, 0.6) is 0 Å². The van der Waals surface area contributed by atoms with Gasteiger partial charge in [-0.2, -0.15) is 11.8 Å². The predicted octanol–water partition coefficient (Wildman–Crippen LogP) is 5.89. The minimum Gasteiger partial charge on any atom is -0.353 e. The number of aryl methyl sites for hydroxylation is 1. The second kappa shape index (κ2) is 8.31. The molecule has 144 valence electrons. The summed E-state index contributed by atoms with van der Waals surface area (Å²) in [5, 5.41) is 4.90. The maximum atomic E-state index is 13.3. The Morgan fingerprint density at radius 2 is 2.00 bits per heavy atom. The lowest BCUT2D eigenvalue weighted by Crippen LogP contribution is -2.38. The van der Waals surface area contributed by atoms with Crippen molar-refractivity contribution in [1.82, 2.24) is 9.88 Å². The minimum atomic E-state index is 0.000379. The van der Waals surface area contributed by atoms with Crippen LogP contribution in [0.4, 0.5) is 11.4 Å². The molecule has 0 atom stereocenters. The molecule has 2 aromatic carbocycles. The molecule has 0 aliphatic carbocycles. The highest BCUT2D eigenvalue weighted by molar-refractivity contribution is 9.10. The summed E-state index contributed by atoms with van der Waals surface area (Å²) in [7, 11) is 0. The summed E-state index contributed by atoms with van der Waals surface area (Å²) in [5.41, 5.74) is 4.14. The monoisotopic (exact) mass is 475 g/mol. The molecule has 1 amide bonds. The Labute approximate surface area is 181 Å². The fourth-order valence-electron chi connectivity index (χ4n) is 3.25. The van der Waals surface area contributed by atoms with Crippen LogP contribution in [0.15, 0.2) is 47.1 Å². The summed E-state index contributed by atoms with van der Waals surface area (Å²) in [6.45, 7) is 3.55. The lowest BCUT2D eigenvalue weighted by atomic mass is 10.1. The van der Waals surface area contributed by atoms with Gasteiger partial charge in [0.25, 0.3) is 5.91 Å². The summed E-state index contributed by atoms with van der Waals surface area (Å²) in [5.74, 6) is 1.93. The first-order valence-corrected chi connectivity index (χ1v) is 11.3. The van der Waals surface area contributed by atoms with E-state index in [-0.39, 0.29) is 5.91 Å². The molecular formula is C21H19BrClN3OS. The molecule has 0 radical (unpaired) electrons. The highest BCUT2D eigenvalue weighted by Gasteiger charge is 2.23. The summed E-state index contributed by atoms with van der Waals surface area (Å²) in [4.78, 5) is 19.7. The molecule has 1 aliphatic heterocycles. The van der Waals surface area contributed by atoms with Crippen molar-refractivity contribution < 1.29 is 4.79 Å². The minimum absolute atomic E-state index is 0.000379. The molecule has 7 heteroatoms. The zero-order valence-electron chi connectivity index (χ0n) is 15.3. The lowest BCUT2D eigenvalue weighted by molar-refractivity contribution is 0.0773. The molecule has 1 aliphatic rings. The van der Waals surface area contributed by atoms with Crippen molar-refractivity contribution in [2.24, 2.45) is 0 Å². The van der Waals surface area contributed by atoms with Gasteiger partial charge in [0, 0.05) is 45.7 Å². The fourth-order valence-corrected chi connectivity index (χ4v) is 4.92. The SMILES string of the molecule is Cc1ccc(Nc2c(C(=O)N3CCSCC3)cnc3ccc(Cl)cc23)c(Br)c1. The third-order valence-electron chi connectivity index (χ3n) is 4.74. The smallest absolute Gasteiger partial charge is 0.257 e. The third kappa shape index (κ3) is 4.00. The standard InChI is InChI=1S/C21H19BrClN3OS/c1-13-2-4-19(17(22)10-13)25-20-15-11-14(23)3-5-18(15)24-12-16(20)21(27)26-6-8-28-9-7-26/h2-5,10-12H,6-9H2,1H3,(H,24,25). The molecule has 1 N–H and O–H groups in total. The molecule has 1 fully saturated rings. The number of aromatic nitrogens is 1. The Bertz CT molecular complexity index is 1050. The number of thioether (sulfide) groups is 1. The highest BCUT2D eigenvalue weighted by atomic mass is 79.9. The number of pyridine rings is 1. The fraction of sp³-hybridized carbons (Fsp3) is 0.238. The first-order valence-electron chi connectivity index (χ1n) is 9.01. The van der Waals surface area contributed by atoms with Gasteiger partial charge in [0.15, 0.2) is 0 Å². The number of benzene rings is 2. The van der Waals surface area contributed by atoms with Crippen LogP contribution in [0.3, 0.4) is 0 Å². The zero-order valence-corrected chi connectivity index (χ0v) is 18.5. The topological polar surface area (TPSA) is 45.2 Å². The maximum Gasteiger partial charge on any atom is 0.257 e. The van der Waals surface area contributed by atoms with Crippen molar-refractivity contribution in [2.75, 3.05) is 29.9 Å². The number of nitrogens with zero attached hydrogens (tertiary/aromatic N) is 2. The van der Waals surface area contributed by atoms with Crippen LogP contribution in [0.25, 0.3) is 10.9 Å². The van der Waals surface area contributed by atoms with Gasteiger partial charge < -0.3 is 10.2 Å². The number of nitrogens with one attached hydrogen (secondary N) is 1. The van der Waals surface area contributed by atoms with Crippen molar-refractivity contribution in [3.63, 3.8) is 0 Å². The van der Waals surface area contributed by atoms with Crippen molar-refractivity contribution in [1.29, 1.82) is 0 Å². The Kier molecular flexibility index (Phi) is 5.80. The Hall–Kier alpha value is -1.76. The van der Waals surface area contributed by atoms with Gasteiger partial charge in [0.05, 0.1) is 22.5 Å². The van der Waals surface area contributed by atoms with Gasteiger partial charge >= 0.3 is 0 Å². The zero-order chi connectivity index (χ0) is 19.7. The Balaban J connectivity index is 1.84. The van der Waals surface area contributed by atoms with E-state index in [1.165, 1.54) is 0 Å². The molecular weight excluding hydrogens is 458 g/mol. The van der Waals surface area contributed by atoms with Gasteiger partial charge in [0.1, 0.15) is 0 Å². The average molecular weight is 477 g/mol. The second-order valence-electron chi connectivity index (χ2n) is 6.72. The number of hydrogen-bond donors (Lipinski definition) is 1. The van der Waals surface area contributed by atoms with E-state index >= 15 is 0 Å². The number of halogens is 2. The van der Waals surface area contributed by atoms with E-state index in [1.54, 1.807) is 6.20 Å². The number of carbonyl (C=O) groups is 1. The molecule has 28 heavy (non-hydrogen) atoms. The largest absolute Gasteiger partial charge is 0.353 e. The summed E-state index contributed by atoms with van der Waals surface area (Å²) < 4.78 is 0.937. The summed E-state index contributed by atoms with van der Waals surface area (Å²) in [6.07, 6.45) is 1.67. The number of rotatable bonds is 3.